The summed E-state index contributed by atoms with van der Waals surface area (Å²) in [5.74, 6) is 1.48. The maximum atomic E-state index is 11.9. The van der Waals surface area contributed by atoms with Crippen LogP contribution >= 0.6 is 11.3 Å². The Bertz CT molecular complexity index is 770. The maximum Gasteiger partial charge on any atom is 0.350 e. The third kappa shape index (κ3) is 5.25. The van der Waals surface area contributed by atoms with Gasteiger partial charge in [0.2, 0.25) is 5.89 Å². The molecule has 26 heavy (non-hydrogen) atoms. The quantitative estimate of drug-likeness (QED) is 0.424. The Hall–Kier alpha value is -2.49. The number of nitrogens with one attached hydrogen (secondary N) is 2. The van der Waals surface area contributed by atoms with Crippen molar-refractivity contribution in [2.75, 3.05) is 20.2 Å². The van der Waals surface area contributed by atoms with Gasteiger partial charge in [0, 0.05) is 20.0 Å². The number of hydrogen-bond acceptors (Lipinski definition) is 8. The molecule has 0 fully saturated rings. The number of thiazole rings is 1. The molecule has 0 radical (unpaired) electrons. The smallest absolute Gasteiger partial charge is 0.350 e. The average molecular weight is 380 g/mol. The molecule has 0 saturated heterocycles. The van der Waals surface area contributed by atoms with Crippen LogP contribution in [0.5, 0.6) is 0 Å². The molecule has 0 aliphatic heterocycles. The van der Waals surface area contributed by atoms with E-state index < -0.39 is 0 Å². The van der Waals surface area contributed by atoms with E-state index in [0.29, 0.717) is 47.8 Å². The van der Waals surface area contributed by atoms with E-state index in [1.165, 1.54) is 11.3 Å². The van der Waals surface area contributed by atoms with Gasteiger partial charge in [-0.1, -0.05) is 5.16 Å². The second kappa shape index (κ2) is 9.27. The van der Waals surface area contributed by atoms with Gasteiger partial charge < -0.3 is 19.9 Å². The number of aryl methyl sites for hydroxylation is 2. The summed E-state index contributed by atoms with van der Waals surface area (Å²) in [4.78, 5) is 25.3. The second-order valence-corrected chi connectivity index (χ2v) is 6.57. The first-order valence-electron chi connectivity index (χ1n) is 8.35. The minimum Gasteiger partial charge on any atom is -0.462 e. The summed E-state index contributed by atoms with van der Waals surface area (Å²) in [6.45, 7) is 8.27. The fourth-order valence-corrected chi connectivity index (χ4v) is 3.14. The van der Waals surface area contributed by atoms with Crippen molar-refractivity contribution in [2.24, 2.45) is 4.99 Å². The van der Waals surface area contributed by atoms with Gasteiger partial charge in [-0.25, -0.2) is 9.78 Å². The van der Waals surface area contributed by atoms with Crippen LogP contribution in [-0.2, 0) is 11.2 Å². The summed E-state index contributed by atoms with van der Waals surface area (Å²) in [5, 5.41) is 11.0. The Morgan fingerprint density at radius 2 is 2.15 bits per heavy atom. The molecule has 9 nitrogen and oxygen atoms in total. The summed E-state index contributed by atoms with van der Waals surface area (Å²) in [7, 11) is 1.69. The highest BCUT2D eigenvalue weighted by Gasteiger charge is 2.20. The van der Waals surface area contributed by atoms with E-state index in [-0.39, 0.29) is 12.0 Å². The summed E-state index contributed by atoms with van der Waals surface area (Å²) < 4.78 is 10.1. The molecule has 0 amide bonds. The Kier molecular flexibility index (Phi) is 7.07. The number of carbonyl (C=O) groups excluding carboxylic acids is 1. The number of nitrogens with zero attached hydrogens (tertiary/aromatic N) is 4. The highest BCUT2D eigenvalue weighted by molar-refractivity contribution is 7.13. The van der Waals surface area contributed by atoms with Gasteiger partial charge in [0.1, 0.15) is 9.88 Å². The standard InChI is InChI=1S/C16H24N6O3S/c1-6-24-15(23)13-9(2)19-14(26-13)10(3)20-16(17-5)18-8-7-12-21-11(4)22-25-12/h10H,6-8H2,1-5H3,(H2,17,18,20). The number of hydrogen-bond donors (Lipinski definition) is 2. The number of aliphatic imine (C=N–C) groups is 1. The number of rotatable bonds is 7. The van der Waals surface area contributed by atoms with E-state index in [0.717, 1.165) is 5.01 Å². The zero-order valence-corrected chi connectivity index (χ0v) is 16.4. The predicted octanol–water partition coefficient (Wildman–Crippen LogP) is 1.79. The van der Waals surface area contributed by atoms with Gasteiger partial charge >= 0.3 is 5.97 Å². The number of guanidine groups is 1. The number of carbonyl (C=O) groups is 1. The summed E-state index contributed by atoms with van der Waals surface area (Å²) in [6.07, 6.45) is 0.597. The lowest BCUT2D eigenvalue weighted by Crippen LogP contribution is -2.39. The monoisotopic (exact) mass is 380 g/mol. The molecule has 142 valence electrons. The lowest BCUT2D eigenvalue weighted by atomic mass is 10.3. The highest BCUT2D eigenvalue weighted by atomic mass is 32.1. The molecule has 0 bridgehead atoms. The van der Waals surface area contributed by atoms with Crippen molar-refractivity contribution in [3.8, 4) is 0 Å². The molecule has 10 heteroatoms. The molecule has 1 atom stereocenters. The van der Waals surface area contributed by atoms with Crippen molar-refractivity contribution in [3.63, 3.8) is 0 Å². The minimum absolute atomic E-state index is 0.112. The zero-order valence-electron chi connectivity index (χ0n) is 15.6. The van der Waals surface area contributed by atoms with Crippen LogP contribution in [0.4, 0.5) is 0 Å². The van der Waals surface area contributed by atoms with Gasteiger partial charge in [-0.15, -0.1) is 11.3 Å². The predicted molar refractivity (Wildman–Crippen MR) is 98.5 cm³/mol. The van der Waals surface area contributed by atoms with Gasteiger partial charge in [-0.2, -0.15) is 4.98 Å². The highest BCUT2D eigenvalue weighted by Crippen LogP contribution is 2.24. The van der Waals surface area contributed by atoms with Crippen LogP contribution in [0.3, 0.4) is 0 Å². The van der Waals surface area contributed by atoms with Crippen LogP contribution in [0.25, 0.3) is 0 Å². The molecule has 0 saturated carbocycles. The first-order chi connectivity index (χ1) is 12.4. The first-order valence-corrected chi connectivity index (χ1v) is 9.17. The lowest BCUT2D eigenvalue weighted by molar-refractivity contribution is 0.0531. The van der Waals surface area contributed by atoms with Crippen molar-refractivity contribution < 1.29 is 14.1 Å². The molecule has 2 aromatic rings. The van der Waals surface area contributed by atoms with Gasteiger partial charge in [-0.3, -0.25) is 4.99 Å². The average Bonchev–Trinajstić information content (AvgIpc) is 3.19. The molecule has 0 aromatic carbocycles. The molecule has 2 aromatic heterocycles. The van der Waals surface area contributed by atoms with E-state index in [1.807, 2.05) is 6.92 Å². The van der Waals surface area contributed by atoms with E-state index in [4.69, 9.17) is 9.26 Å². The Labute approximate surface area is 156 Å². The van der Waals surface area contributed by atoms with Crippen LogP contribution < -0.4 is 10.6 Å². The van der Waals surface area contributed by atoms with Gasteiger partial charge in [0.05, 0.1) is 18.3 Å². The molecule has 0 aliphatic rings. The normalized spacial score (nSPS) is 12.7. The van der Waals surface area contributed by atoms with E-state index in [9.17, 15) is 4.79 Å². The SMILES string of the molecule is CCOC(=O)c1sc(C(C)NC(=NC)NCCc2nc(C)no2)nc1C. The summed E-state index contributed by atoms with van der Waals surface area (Å²) in [5.41, 5.74) is 0.673. The van der Waals surface area contributed by atoms with Gasteiger partial charge in [0.25, 0.3) is 0 Å². The third-order valence-electron chi connectivity index (χ3n) is 3.42. The molecule has 2 rings (SSSR count). The first kappa shape index (κ1) is 19.8. The largest absolute Gasteiger partial charge is 0.462 e. The lowest BCUT2D eigenvalue weighted by Gasteiger charge is -2.15. The van der Waals surface area contributed by atoms with Crippen molar-refractivity contribution >= 4 is 23.3 Å². The van der Waals surface area contributed by atoms with Crippen LogP contribution in [-0.4, -0.2) is 47.3 Å². The van der Waals surface area contributed by atoms with Crippen LogP contribution in [0.1, 0.15) is 52.0 Å². The third-order valence-corrected chi connectivity index (χ3v) is 4.74. The van der Waals surface area contributed by atoms with Crippen molar-refractivity contribution in [2.45, 2.75) is 40.2 Å². The Morgan fingerprint density at radius 3 is 2.77 bits per heavy atom. The van der Waals surface area contributed by atoms with E-state index in [1.54, 1.807) is 27.8 Å². The number of ether oxygens (including phenoxy) is 1. The fourth-order valence-electron chi connectivity index (χ4n) is 2.18. The maximum absolute atomic E-state index is 11.9. The number of esters is 1. The van der Waals surface area contributed by atoms with Crippen molar-refractivity contribution in [3.05, 3.63) is 27.3 Å². The fraction of sp³-hybridized carbons (Fsp3) is 0.562. The molecular weight excluding hydrogens is 356 g/mol. The van der Waals surface area contributed by atoms with Crippen LogP contribution in [0.15, 0.2) is 9.52 Å². The molecule has 0 spiro atoms. The Morgan fingerprint density at radius 1 is 1.38 bits per heavy atom. The topological polar surface area (TPSA) is 115 Å². The summed E-state index contributed by atoms with van der Waals surface area (Å²) in [6, 6.07) is -0.112. The molecular formula is C16H24N6O3S. The van der Waals surface area contributed by atoms with E-state index in [2.05, 4.69) is 30.8 Å². The van der Waals surface area contributed by atoms with Crippen LogP contribution in [0, 0.1) is 13.8 Å². The summed E-state index contributed by atoms with van der Waals surface area (Å²) >= 11 is 1.33. The molecule has 2 heterocycles. The van der Waals surface area contributed by atoms with Crippen LogP contribution in [0.2, 0.25) is 0 Å². The second-order valence-electron chi connectivity index (χ2n) is 5.54. The molecule has 2 N–H and O–H groups in total. The molecule has 0 aliphatic carbocycles. The van der Waals surface area contributed by atoms with Gasteiger partial charge in [-0.05, 0) is 27.7 Å². The van der Waals surface area contributed by atoms with Gasteiger partial charge in [0.15, 0.2) is 11.8 Å². The zero-order chi connectivity index (χ0) is 19.1. The van der Waals surface area contributed by atoms with E-state index >= 15 is 0 Å². The Balaban J connectivity index is 1.91. The minimum atomic E-state index is -0.335. The van der Waals surface area contributed by atoms with Crippen molar-refractivity contribution in [1.29, 1.82) is 0 Å². The number of aromatic nitrogens is 3. The molecule has 1 unspecified atom stereocenters. The van der Waals surface area contributed by atoms with Crippen molar-refractivity contribution in [1.82, 2.24) is 25.8 Å².